The standard InChI is InChI=1S/C18H25N5O2/c1-5-23(6-2)18(25)13-7-9-15(10-8-13)21-17(24)16(19-3)14-11-20-22(4)12-14/h7-12,16,19H,5-6H2,1-4H3,(H,21,24). The van der Waals surface area contributed by atoms with Crippen molar-refractivity contribution in [3.05, 3.63) is 47.8 Å². The highest BCUT2D eigenvalue weighted by atomic mass is 16.2. The predicted molar refractivity (Wildman–Crippen MR) is 97.3 cm³/mol. The van der Waals surface area contributed by atoms with E-state index in [2.05, 4.69) is 15.7 Å². The van der Waals surface area contributed by atoms with Gasteiger partial charge in [0.25, 0.3) is 5.91 Å². The third kappa shape index (κ3) is 4.45. The summed E-state index contributed by atoms with van der Waals surface area (Å²) < 4.78 is 1.65. The first-order valence-electron chi connectivity index (χ1n) is 8.36. The SMILES string of the molecule is CCN(CC)C(=O)c1ccc(NC(=O)C(NC)c2cnn(C)c2)cc1. The van der Waals surface area contributed by atoms with Crippen LogP contribution in [0.2, 0.25) is 0 Å². The van der Waals surface area contributed by atoms with Crippen LogP contribution in [0.5, 0.6) is 0 Å². The van der Waals surface area contributed by atoms with E-state index in [1.54, 1.807) is 60.3 Å². The third-order valence-corrected chi connectivity index (χ3v) is 4.06. The van der Waals surface area contributed by atoms with Crippen molar-refractivity contribution in [3.63, 3.8) is 0 Å². The Kier molecular flexibility index (Phi) is 6.30. The van der Waals surface area contributed by atoms with Gasteiger partial charge in [0.15, 0.2) is 0 Å². The van der Waals surface area contributed by atoms with Crippen LogP contribution in [0.25, 0.3) is 0 Å². The normalized spacial score (nSPS) is 11.8. The molecule has 2 amide bonds. The fraction of sp³-hybridized carbons (Fsp3) is 0.389. The predicted octanol–water partition coefficient (Wildman–Crippen LogP) is 1.80. The topological polar surface area (TPSA) is 79.3 Å². The van der Waals surface area contributed by atoms with Crippen LogP contribution >= 0.6 is 0 Å². The Bertz CT molecular complexity index is 719. The number of aromatic nitrogens is 2. The Balaban J connectivity index is 2.07. The van der Waals surface area contributed by atoms with Gasteiger partial charge in [0.05, 0.1) is 6.20 Å². The van der Waals surface area contributed by atoms with Gasteiger partial charge in [-0.15, -0.1) is 0 Å². The Morgan fingerprint density at radius 3 is 2.32 bits per heavy atom. The van der Waals surface area contributed by atoms with Crippen molar-refractivity contribution in [1.82, 2.24) is 20.0 Å². The lowest BCUT2D eigenvalue weighted by atomic mass is 10.1. The monoisotopic (exact) mass is 343 g/mol. The molecule has 1 aromatic carbocycles. The molecule has 134 valence electrons. The molecule has 0 aliphatic rings. The first kappa shape index (κ1) is 18.7. The second-order valence-corrected chi connectivity index (χ2v) is 5.71. The van der Waals surface area contributed by atoms with E-state index in [-0.39, 0.29) is 11.8 Å². The van der Waals surface area contributed by atoms with Gasteiger partial charge in [-0.25, -0.2) is 0 Å². The van der Waals surface area contributed by atoms with E-state index in [4.69, 9.17) is 0 Å². The van der Waals surface area contributed by atoms with Gasteiger partial charge in [-0.3, -0.25) is 14.3 Å². The van der Waals surface area contributed by atoms with E-state index >= 15 is 0 Å². The zero-order valence-corrected chi connectivity index (χ0v) is 15.1. The van der Waals surface area contributed by atoms with Crippen molar-refractivity contribution in [1.29, 1.82) is 0 Å². The highest BCUT2D eigenvalue weighted by Gasteiger charge is 2.20. The number of anilines is 1. The van der Waals surface area contributed by atoms with Crippen LogP contribution in [0, 0.1) is 0 Å². The number of benzene rings is 1. The minimum absolute atomic E-state index is 0.00802. The van der Waals surface area contributed by atoms with E-state index in [9.17, 15) is 9.59 Å². The molecule has 0 spiro atoms. The average Bonchev–Trinajstić information content (AvgIpc) is 3.03. The van der Waals surface area contributed by atoms with E-state index in [0.29, 0.717) is 24.3 Å². The summed E-state index contributed by atoms with van der Waals surface area (Å²) in [5, 5.41) is 9.94. The van der Waals surface area contributed by atoms with E-state index in [0.717, 1.165) is 5.56 Å². The molecule has 7 nitrogen and oxygen atoms in total. The zero-order chi connectivity index (χ0) is 18.4. The van der Waals surface area contributed by atoms with Crippen LogP contribution in [-0.2, 0) is 11.8 Å². The zero-order valence-electron chi connectivity index (χ0n) is 15.1. The number of nitrogens with zero attached hydrogens (tertiary/aromatic N) is 3. The highest BCUT2D eigenvalue weighted by Crippen LogP contribution is 2.16. The number of rotatable bonds is 7. The van der Waals surface area contributed by atoms with Crippen molar-refractivity contribution in [3.8, 4) is 0 Å². The molecule has 0 saturated heterocycles. The summed E-state index contributed by atoms with van der Waals surface area (Å²) in [4.78, 5) is 26.5. The van der Waals surface area contributed by atoms with Gasteiger partial charge in [-0.05, 0) is 45.2 Å². The summed E-state index contributed by atoms with van der Waals surface area (Å²) >= 11 is 0. The minimum atomic E-state index is -0.495. The molecule has 1 heterocycles. The second-order valence-electron chi connectivity index (χ2n) is 5.71. The number of amides is 2. The molecule has 0 bridgehead atoms. The van der Waals surface area contributed by atoms with Crippen LogP contribution in [0.3, 0.4) is 0 Å². The first-order valence-corrected chi connectivity index (χ1v) is 8.36. The van der Waals surface area contributed by atoms with Gasteiger partial charge in [-0.2, -0.15) is 5.10 Å². The fourth-order valence-corrected chi connectivity index (χ4v) is 2.64. The van der Waals surface area contributed by atoms with Gasteiger partial charge in [0.1, 0.15) is 6.04 Å². The molecule has 1 unspecified atom stereocenters. The van der Waals surface area contributed by atoms with Gasteiger partial charge < -0.3 is 15.5 Å². The van der Waals surface area contributed by atoms with E-state index in [1.165, 1.54) is 0 Å². The molecule has 1 aromatic heterocycles. The van der Waals surface area contributed by atoms with Gasteiger partial charge in [0.2, 0.25) is 5.91 Å². The van der Waals surface area contributed by atoms with Gasteiger partial charge in [0, 0.05) is 43.1 Å². The maximum atomic E-state index is 12.5. The maximum absolute atomic E-state index is 12.5. The molecular weight excluding hydrogens is 318 g/mol. The molecule has 2 N–H and O–H groups in total. The summed E-state index contributed by atoms with van der Waals surface area (Å²) in [6, 6.07) is 6.45. The van der Waals surface area contributed by atoms with Crippen LogP contribution in [0.1, 0.15) is 35.8 Å². The molecule has 7 heteroatoms. The van der Waals surface area contributed by atoms with E-state index < -0.39 is 6.04 Å². The average molecular weight is 343 g/mol. The minimum Gasteiger partial charge on any atom is -0.339 e. The lowest BCUT2D eigenvalue weighted by Crippen LogP contribution is -2.31. The quantitative estimate of drug-likeness (QED) is 0.803. The molecule has 1 atom stereocenters. The Hall–Kier alpha value is -2.67. The van der Waals surface area contributed by atoms with Gasteiger partial charge in [-0.1, -0.05) is 0 Å². The van der Waals surface area contributed by atoms with Crippen molar-refractivity contribution in [2.24, 2.45) is 7.05 Å². The number of carbonyl (C=O) groups is 2. The van der Waals surface area contributed by atoms with E-state index in [1.807, 2.05) is 13.8 Å². The largest absolute Gasteiger partial charge is 0.339 e. The van der Waals surface area contributed by atoms with Gasteiger partial charge >= 0.3 is 0 Å². The lowest BCUT2D eigenvalue weighted by molar-refractivity contribution is -0.118. The molecule has 0 saturated carbocycles. The van der Waals surface area contributed by atoms with Crippen LogP contribution in [-0.4, -0.2) is 46.6 Å². The van der Waals surface area contributed by atoms with Crippen LogP contribution in [0.15, 0.2) is 36.7 Å². The number of likely N-dealkylation sites (N-methyl/N-ethyl adjacent to an activating group) is 1. The summed E-state index contributed by atoms with van der Waals surface area (Å²) in [5.41, 5.74) is 2.04. The molecule has 0 radical (unpaired) electrons. The lowest BCUT2D eigenvalue weighted by Gasteiger charge is -2.19. The van der Waals surface area contributed by atoms with Crippen LogP contribution < -0.4 is 10.6 Å². The smallest absolute Gasteiger partial charge is 0.253 e. The number of aryl methyl sites for hydroxylation is 1. The first-order chi connectivity index (χ1) is 12.0. The van der Waals surface area contributed by atoms with Crippen molar-refractivity contribution in [2.75, 3.05) is 25.5 Å². The number of nitrogens with one attached hydrogen (secondary N) is 2. The molecule has 0 aliphatic heterocycles. The Labute approximate surface area is 148 Å². The number of hydrogen-bond donors (Lipinski definition) is 2. The van der Waals surface area contributed by atoms with Crippen LogP contribution in [0.4, 0.5) is 5.69 Å². The molecule has 0 aliphatic carbocycles. The fourth-order valence-electron chi connectivity index (χ4n) is 2.64. The summed E-state index contributed by atoms with van der Waals surface area (Å²) in [6.45, 7) is 5.24. The second kappa shape index (κ2) is 8.43. The molecular formula is C18H25N5O2. The third-order valence-electron chi connectivity index (χ3n) is 4.06. The Morgan fingerprint density at radius 1 is 1.20 bits per heavy atom. The summed E-state index contributed by atoms with van der Waals surface area (Å²) in [7, 11) is 3.53. The van der Waals surface area contributed by atoms with Crippen molar-refractivity contribution < 1.29 is 9.59 Å². The maximum Gasteiger partial charge on any atom is 0.253 e. The molecule has 2 rings (SSSR count). The summed E-state index contributed by atoms with van der Waals surface area (Å²) in [6.07, 6.45) is 3.46. The molecule has 2 aromatic rings. The highest BCUT2D eigenvalue weighted by molar-refractivity contribution is 5.97. The van der Waals surface area contributed by atoms with Crippen molar-refractivity contribution >= 4 is 17.5 Å². The number of hydrogen-bond acceptors (Lipinski definition) is 4. The summed E-state index contributed by atoms with van der Waals surface area (Å²) in [5.74, 6) is -0.190. The number of carbonyl (C=O) groups excluding carboxylic acids is 2. The molecule has 25 heavy (non-hydrogen) atoms. The molecule has 0 fully saturated rings. The van der Waals surface area contributed by atoms with Crippen molar-refractivity contribution in [2.45, 2.75) is 19.9 Å². The Morgan fingerprint density at radius 2 is 1.84 bits per heavy atom.